The lowest BCUT2D eigenvalue weighted by atomic mass is 10.2. The number of nitrogens with one attached hydrogen (secondary N) is 1. The molecule has 3 aromatic heterocycles. The van der Waals surface area contributed by atoms with E-state index in [0.29, 0.717) is 15.1 Å². The van der Waals surface area contributed by atoms with Gasteiger partial charge in [-0.15, -0.1) is 11.3 Å². The summed E-state index contributed by atoms with van der Waals surface area (Å²) in [5, 5.41) is 18.9. The maximum Gasteiger partial charge on any atom is 0.433 e. The van der Waals surface area contributed by atoms with Crippen LogP contribution < -0.4 is 10.1 Å². The van der Waals surface area contributed by atoms with Crippen molar-refractivity contribution in [2.45, 2.75) is 13.1 Å². The lowest BCUT2D eigenvalue weighted by Gasteiger charge is -2.10. The Morgan fingerprint density at radius 3 is 2.59 bits per heavy atom. The molecule has 0 saturated heterocycles. The van der Waals surface area contributed by atoms with Gasteiger partial charge in [-0.1, -0.05) is 29.8 Å². The van der Waals surface area contributed by atoms with Crippen LogP contribution in [-0.2, 0) is 6.18 Å². The van der Waals surface area contributed by atoms with Crippen LogP contribution in [0.4, 0.5) is 24.5 Å². The van der Waals surface area contributed by atoms with Crippen molar-refractivity contribution in [1.82, 2.24) is 14.6 Å². The molecule has 14 heteroatoms. The van der Waals surface area contributed by atoms with Gasteiger partial charge in [0.1, 0.15) is 16.5 Å². The van der Waals surface area contributed by atoms with Gasteiger partial charge in [-0.25, -0.2) is 9.50 Å². The summed E-state index contributed by atoms with van der Waals surface area (Å²) in [4.78, 5) is 28.6. The molecule has 5 rings (SSSR count). The minimum absolute atomic E-state index is 0.00945. The first-order chi connectivity index (χ1) is 18.5. The molecule has 0 radical (unpaired) electrons. The highest BCUT2D eigenvalue weighted by molar-refractivity contribution is 7.13. The molecule has 5 aromatic rings. The average molecular weight is 574 g/mol. The summed E-state index contributed by atoms with van der Waals surface area (Å²) in [6.45, 7) is 1.84. The number of aromatic nitrogens is 3. The highest BCUT2D eigenvalue weighted by Crippen LogP contribution is 2.36. The van der Waals surface area contributed by atoms with Crippen molar-refractivity contribution in [2.24, 2.45) is 0 Å². The van der Waals surface area contributed by atoms with E-state index in [9.17, 15) is 28.1 Å². The van der Waals surface area contributed by atoms with E-state index in [2.05, 4.69) is 15.4 Å². The predicted octanol–water partition coefficient (Wildman–Crippen LogP) is 7.39. The summed E-state index contributed by atoms with van der Waals surface area (Å²) in [5.41, 5.74) is -1.65. The first-order valence-electron chi connectivity index (χ1n) is 11.1. The van der Waals surface area contributed by atoms with Crippen molar-refractivity contribution >= 4 is 45.9 Å². The van der Waals surface area contributed by atoms with E-state index in [1.807, 2.05) is 13.0 Å². The SMILES string of the molecule is Cc1cccc(Oc2cc(NC(=O)c3nn4c(C(F)(F)F)cc(-c5cccs5)nc4c3Cl)cc([N+](=O)[O-])c2)c1. The van der Waals surface area contributed by atoms with Gasteiger partial charge in [0.25, 0.3) is 11.6 Å². The van der Waals surface area contributed by atoms with Crippen LogP contribution in [0.3, 0.4) is 0 Å². The zero-order chi connectivity index (χ0) is 27.9. The van der Waals surface area contributed by atoms with Gasteiger partial charge in [-0.2, -0.15) is 18.3 Å². The Bertz CT molecular complexity index is 1740. The van der Waals surface area contributed by atoms with Gasteiger partial charge in [0.2, 0.25) is 0 Å². The number of halogens is 4. The van der Waals surface area contributed by atoms with E-state index < -0.39 is 39.1 Å². The minimum Gasteiger partial charge on any atom is -0.457 e. The molecule has 0 unspecified atom stereocenters. The van der Waals surface area contributed by atoms with Crippen LogP contribution in [-0.4, -0.2) is 25.4 Å². The van der Waals surface area contributed by atoms with Gasteiger partial charge in [0.05, 0.1) is 27.2 Å². The molecule has 1 amide bonds. The van der Waals surface area contributed by atoms with Crippen LogP contribution >= 0.6 is 22.9 Å². The lowest BCUT2D eigenvalue weighted by Crippen LogP contribution is -2.16. The number of nitro benzene ring substituents is 1. The molecule has 0 saturated carbocycles. The van der Waals surface area contributed by atoms with E-state index >= 15 is 0 Å². The number of fused-ring (bicyclic) bond motifs is 1. The van der Waals surface area contributed by atoms with Crippen molar-refractivity contribution in [2.75, 3.05) is 5.32 Å². The number of ether oxygens (including phenoxy) is 1. The molecule has 0 bridgehead atoms. The van der Waals surface area contributed by atoms with Crippen LogP contribution in [0.2, 0.25) is 5.02 Å². The fourth-order valence-electron chi connectivity index (χ4n) is 3.71. The molecule has 1 N–H and O–H groups in total. The molecule has 0 atom stereocenters. The second kappa shape index (κ2) is 10.0. The smallest absolute Gasteiger partial charge is 0.433 e. The summed E-state index contributed by atoms with van der Waals surface area (Å²) in [6.07, 6.45) is -4.83. The Kier molecular flexibility index (Phi) is 6.70. The van der Waals surface area contributed by atoms with E-state index in [1.165, 1.54) is 23.5 Å². The van der Waals surface area contributed by atoms with E-state index in [-0.39, 0.29) is 22.8 Å². The van der Waals surface area contributed by atoms with Crippen LogP contribution in [0, 0.1) is 17.0 Å². The molecule has 2 aromatic carbocycles. The first kappa shape index (κ1) is 26.1. The van der Waals surface area contributed by atoms with Crippen molar-refractivity contribution in [3.8, 4) is 22.1 Å². The van der Waals surface area contributed by atoms with Crippen LogP contribution in [0.1, 0.15) is 21.7 Å². The third kappa shape index (κ3) is 5.40. The molecule has 39 heavy (non-hydrogen) atoms. The first-order valence-corrected chi connectivity index (χ1v) is 12.3. The predicted molar refractivity (Wildman–Crippen MR) is 139 cm³/mol. The molecule has 0 aliphatic rings. The van der Waals surface area contributed by atoms with Gasteiger partial charge in [-0.3, -0.25) is 14.9 Å². The number of hydrogen-bond donors (Lipinski definition) is 1. The third-order valence-electron chi connectivity index (χ3n) is 5.40. The summed E-state index contributed by atoms with van der Waals surface area (Å²) in [6, 6.07) is 14.6. The number of nitrogens with zero attached hydrogens (tertiary/aromatic N) is 4. The van der Waals surface area contributed by atoms with E-state index in [0.717, 1.165) is 17.7 Å². The Labute approximate surface area is 226 Å². The van der Waals surface area contributed by atoms with Crippen LogP contribution in [0.5, 0.6) is 11.5 Å². The largest absolute Gasteiger partial charge is 0.457 e. The molecule has 0 aliphatic carbocycles. The molecule has 3 heterocycles. The quantitative estimate of drug-likeness (QED) is 0.167. The van der Waals surface area contributed by atoms with E-state index in [1.54, 1.807) is 35.7 Å². The normalized spacial score (nSPS) is 11.5. The monoisotopic (exact) mass is 573 g/mol. The van der Waals surface area contributed by atoms with Gasteiger partial charge in [0.15, 0.2) is 17.0 Å². The number of alkyl halides is 3. The number of non-ortho nitro benzene ring substituents is 1. The maximum absolute atomic E-state index is 13.9. The summed E-state index contributed by atoms with van der Waals surface area (Å²) in [5.74, 6) is -0.547. The fourth-order valence-corrected chi connectivity index (χ4v) is 4.65. The minimum atomic E-state index is -4.83. The van der Waals surface area contributed by atoms with Gasteiger partial charge in [-0.05, 0) is 42.1 Å². The number of carbonyl (C=O) groups excluding carboxylic acids is 1. The second-order valence-corrected chi connectivity index (χ2v) is 9.57. The topological polar surface area (TPSA) is 112 Å². The molecule has 198 valence electrons. The molecule has 9 nitrogen and oxygen atoms in total. The number of thiophene rings is 1. The number of amides is 1. The summed E-state index contributed by atoms with van der Waals surface area (Å²) < 4.78 is 47.8. The molecule has 0 fully saturated rings. The number of carbonyl (C=O) groups is 1. The van der Waals surface area contributed by atoms with Gasteiger partial charge in [0, 0.05) is 12.1 Å². The zero-order valence-electron chi connectivity index (χ0n) is 19.7. The van der Waals surface area contributed by atoms with Crippen LogP contribution in [0.25, 0.3) is 16.2 Å². The van der Waals surface area contributed by atoms with Gasteiger partial charge < -0.3 is 10.1 Å². The maximum atomic E-state index is 13.9. The van der Waals surface area contributed by atoms with Crippen molar-refractivity contribution in [3.05, 3.63) is 98.1 Å². The van der Waals surface area contributed by atoms with Crippen molar-refractivity contribution in [1.29, 1.82) is 0 Å². The summed E-state index contributed by atoms with van der Waals surface area (Å²) in [7, 11) is 0. The standard InChI is InChI=1S/C25H15ClF3N5O4S/c1-13-4-2-5-16(8-13)38-17-10-14(9-15(11-17)34(36)37)30-24(35)22-21(26)23-31-18(19-6-3-7-39-19)12-20(25(27,28)29)33(23)32-22/h2-12H,1H3,(H,30,35). The van der Waals surface area contributed by atoms with Gasteiger partial charge >= 0.3 is 6.18 Å². The average Bonchev–Trinajstić information content (AvgIpc) is 3.51. The molecule has 0 aliphatic heterocycles. The fraction of sp³-hybridized carbons (Fsp3) is 0.0800. The number of hydrogen-bond acceptors (Lipinski definition) is 7. The van der Waals surface area contributed by atoms with Crippen molar-refractivity contribution < 1.29 is 27.6 Å². The number of rotatable bonds is 6. The second-order valence-electron chi connectivity index (χ2n) is 8.25. The Morgan fingerprint density at radius 2 is 1.92 bits per heavy atom. The molecular weight excluding hydrogens is 559 g/mol. The Morgan fingerprint density at radius 1 is 1.13 bits per heavy atom. The number of nitro groups is 1. The lowest BCUT2D eigenvalue weighted by molar-refractivity contribution is -0.384. The highest BCUT2D eigenvalue weighted by atomic mass is 35.5. The van der Waals surface area contributed by atoms with Crippen molar-refractivity contribution in [3.63, 3.8) is 0 Å². The van der Waals surface area contributed by atoms with Crippen LogP contribution in [0.15, 0.2) is 66.0 Å². The van der Waals surface area contributed by atoms with E-state index in [4.69, 9.17) is 16.3 Å². The Hall–Kier alpha value is -4.49. The highest BCUT2D eigenvalue weighted by Gasteiger charge is 2.37. The third-order valence-corrected chi connectivity index (χ3v) is 6.64. The molecular formula is C25H15ClF3N5O4S. The molecule has 0 spiro atoms. The zero-order valence-corrected chi connectivity index (χ0v) is 21.3. The number of benzene rings is 2. The summed E-state index contributed by atoms with van der Waals surface area (Å²) >= 11 is 7.49. The number of aryl methyl sites for hydroxylation is 1. The number of anilines is 1. The Balaban J connectivity index is 1.53.